The largest absolute Gasteiger partial charge is 0.477 e. The smallest absolute Gasteiger partial charge is 0.311 e. The number of nitro groups is 1. The molecule has 2 aliphatic rings. The average Bonchev–Trinajstić information content (AvgIpc) is 2.85. The van der Waals surface area contributed by atoms with E-state index in [2.05, 4.69) is 6.07 Å². The van der Waals surface area contributed by atoms with Gasteiger partial charge in [0, 0.05) is 16.1 Å². The highest BCUT2D eigenvalue weighted by molar-refractivity contribution is 6.15. The first-order valence-electron chi connectivity index (χ1n) is 11.2. The minimum absolute atomic E-state index is 0.0479. The van der Waals surface area contributed by atoms with Crippen LogP contribution in [0.25, 0.3) is 5.57 Å². The fourth-order valence-corrected chi connectivity index (χ4v) is 5.63. The number of ether oxygens (including phenoxy) is 1. The fraction of sp³-hybridized carbons (Fsp3) is 0.214. The maximum absolute atomic E-state index is 13.1. The van der Waals surface area contributed by atoms with Gasteiger partial charge in [-0.1, -0.05) is 85.3 Å². The number of benzene rings is 3. The molecular formula is C28H23N3O3. The van der Waals surface area contributed by atoms with E-state index in [0.29, 0.717) is 22.4 Å². The lowest BCUT2D eigenvalue weighted by Gasteiger charge is -2.48. The van der Waals surface area contributed by atoms with E-state index in [1.165, 1.54) is 0 Å². The molecule has 1 heterocycles. The molecule has 0 radical (unpaired) electrons. The lowest BCUT2D eigenvalue weighted by Crippen LogP contribution is -2.62. The van der Waals surface area contributed by atoms with Gasteiger partial charge in [0.05, 0.1) is 11.5 Å². The van der Waals surface area contributed by atoms with Gasteiger partial charge in [-0.15, -0.1) is 0 Å². The van der Waals surface area contributed by atoms with E-state index in [-0.39, 0.29) is 11.3 Å². The van der Waals surface area contributed by atoms with Crippen LogP contribution < -0.4 is 4.74 Å². The van der Waals surface area contributed by atoms with E-state index < -0.39 is 28.4 Å². The summed E-state index contributed by atoms with van der Waals surface area (Å²) < 4.78 is 6.33. The summed E-state index contributed by atoms with van der Waals surface area (Å²) in [6.45, 7) is 3.86. The van der Waals surface area contributed by atoms with Gasteiger partial charge in [-0.3, -0.25) is 15.5 Å². The molecule has 1 aliphatic heterocycles. The van der Waals surface area contributed by atoms with Crippen molar-refractivity contribution in [3.8, 4) is 11.8 Å². The minimum Gasteiger partial charge on any atom is -0.477 e. The Labute approximate surface area is 197 Å². The molecule has 0 saturated heterocycles. The number of para-hydroxylation sites is 1. The molecule has 3 aromatic rings. The first-order valence-corrected chi connectivity index (χ1v) is 11.2. The molecule has 1 aliphatic carbocycles. The van der Waals surface area contributed by atoms with Crippen LogP contribution in [0.5, 0.6) is 5.75 Å². The summed E-state index contributed by atoms with van der Waals surface area (Å²) in [5.41, 5.74) is 1.56. The minimum atomic E-state index is -1.95. The standard InChI is InChI=1S/C28H23N3O3/c1-17-12-14-20(15-13-17)27-28(31(32)33)25(21-10-6-7-11-23(21)34-27)18(2)24(22(16-29)26(28)30)19-8-4-3-5-9-19/h3-15,18,25,27,30H,1-2H3/t18?,25-,27+,28-/m1/s1. The highest BCUT2D eigenvalue weighted by Gasteiger charge is 2.69. The van der Waals surface area contributed by atoms with E-state index in [9.17, 15) is 20.8 Å². The first-order chi connectivity index (χ1) is 16.4. The van der Waals surface area contributed by atoms with E-state index in [4.69, 9.17) is 4.74 Å². The third kappa shape index (κ3) is 2.90. The summed E-state index contributed by atoms with van der Waals surface area (Å²) >= 11 is 0. The molecular weight excluding hydrogens is 426 g/mol. The van der Waals surface area contributed by atoms with Crippen LogP contribution in [0.2, 0.25) is 0 Å². The van der Waals surface area contributed by atoms with Crippen LogP contribution in [0.3, 0.4) is 0 Å². The second kappa shape index (κ2) is 7.96. The van der Waals surface area contributed by atoms with E-state index in [1.807, 2.05) is 92.7 Å². The van der Waals surface area contributed by atoms with Gasteiger partial charge in [-0.05, 0) is 30.0 Å². The molecule has 0 fully saturated rings. The van der Waals surface area contributed by atoms with E-state index in [0.717, 1.165) is 11.1 Å². The van der Waals surface area contributed by atoms with Gasteiger partial charge in [0.25, 0.3) is 0 Å². The number of aryl methyl sites for hydroxylation is 1. The van der Waals surface area contributed by atoms with Gasteiger partial charge in [-0.2, -0.15) is 5.26 Å². The molecule has 6 nitrogen and oxygen atoms in total. The Balaban J connectivity index is 1.86. The van der Waals surface area contributed by atoms with E-state index >= 15 is 0 Å². The van der Waals surface area contributed by atoms with Crippen LogP contribution in [0, 0.1) is 39.7 Å². The maximum atomic E-state index is 13.1. The highest BCUT2D eigenvalue weighted by atomic mass is 16.6. The Morgan fingerprint density at radius 3 is 2.32 bits per heavy atom. The number of nitriles is 1. The van der Waals surface area contributed by atoms with Crippen molar-refractivity contribution in [1.82, 2.24) is 0 Å². The van der Waals surface area contributed by atoms with Gasteiger partial charge in [0.15, 0.2) is 0 Å². The van der Waals surface area contributed by atoms with Crippen LogP contribution in [-0.2, 0) is 0 Å². The zero-order valence-electron chi connectivity index (χ0n) is 18.9. The molecule has 0 bridgehead atoms. The van der Waals surface area contributed by atoms with E-state index in [1.54, 1.807) is 0 Å². The third-order valence-corrected chi connectivity index (χ3v) is 7.13. The zero-order chi connectivity index (χ0) is 24.0. The molecule has 5 rings (SSSR count). The Bertz CT molecular complexity index is 1370. The van der Waals surface area contributed by atoms with Crippen LogP contribution in [-0.4, -0.2) is 16.2 Å². The van der Waals surface area contributed by atoms with Gasteiger partial charge >= 0.3 is 5.54 Å². The van der Waals surface area contributed by atoms with Crippen LogP contribution in [0.1, 0.15) is 41.2 Å². The van der Waals surface area contributed by atoms with Crippen molar-refractivity contribution in [1.29, 1.82) is 10.7 Å². The normalized spacial score (nSPS) is 25.6. The number of hydrogen-bond donors (Lipinski definition) is 1. The number of nitrogens with zero attached hydrogens (tertiary/aromatic N) is 2. The number of hydrogen-bond acceptors (Lipinski definition) is 5. The van der Waals surface area contributed by atoms with Crippen molar-refractivity contribution in [2.24, 2.45) is 5.92 Å². The number of fused-ring (bicyclic) bond motifs is 3. The van der Waals surface area contributed by atoms with Crippen molar-refractivity contribution >= 4 is 11.3 Å². The first kappa shape index (κ1) is 21.6. The number of nitrogens with one attached hydrogen (secondary N) is 1. The molecule has 3 aromatic carbocycles. The highest BCUT2D eigenvalue weighted by Crippen LogP contribution is 2.59. The Hall–Kier alpha value is -4.24. The average molecular weight is 450 g/mol. The van der Waals surface area contributed by atoms with Gasteiger partial charge in [0.1, 0.15) is 17.5 Å². The number of rotatable bonds is 3. The zero-order valence-corrected chi connectivity index (χ0v) is 18.9. The second-order valence-electron chi connectivity index (χ2n) is 8.94. The topological polar surface area (TPSA) is 100 Å². The monoisotopic (exact) mass is 449 g/mol. The molecule has 1 unspecified atom stereocenters. The summed E-state index contributed by atoms with van der Waals surface area (Å²) in [5.74, 6) is -0.531. The van der Waals surface area contributed by atoms with Crippen molar-refractivity contribution in [2.75, 3.05) is 0 Å². The summed E-state index contributed by atoms with van der Waals surface area (Å²) in [6.07, 6.45) is -1.06. The summed E-state index contributed by atoms with van der Waals surface area (Å²) in [5, 5.41) is 32.4. The molecule has 34 heavy (non-hydrogen) atoms. The molecule has 1 N–H and O–H groups in total. The van der Waals surface area contributed by atoms with Crippen molar-refractivity contribution in [2.45, 2.75) is 31.4 Å². The Kier molecular flexibility index (Phi) is 5.06. The van der Waals surface area contributed by atoms with Crippen molar-refractivity contribution in [3.63, 3.8) is 0 Å². The lowest BCUT2D eigenvalue weighted by molar-refractivity contribution is -0.568. The van der Waals surface area contributed by atoms with Gasteiger partial charge in [-0.25, -0.2) is 0 Å². The Morgan fingerprint density at radius 2 is 1.68 bits per heavy atom. The molecule has 0 saturated carbocycles. The predicted octanol–water partition coefficient (Wildman–Crippen LogP) is 5.87. The maximum Gasteiger partial charge on any atom is 0.311 e. The van der Waals surface area contributed by atoms with Crippen LogP contribution >= 0.6 is 0 Å². The SMILES string of the molecule is Cc1ccc([C@@H]2Oc3ccccc3[C@H]3C(C)C(c4ccccc4)=C(C#N)C(=N)[C@@]23[N+](=O)[O-])cc1. The van der Waals surface area contributed by atoms with Gasteiger partial charge in [0.2, 0.25) is 6.10 Å². The fourth-order valence-electron chi connectivity index (χ4n) is 5.63. The molecule has 4 atom stereocenters. The summed E-state index contributed by atoms with van der Waals surface area (Å²) in [7, 11) is 0. The second-order valence-corrected chi connectivity index (χ2v) is 8.94. The van der Waals surface area contributed by atoms with Crippen LogP contribution in [0.15, 0.2) is 84.4 Å². The third-order valence-electron chi connectivity index (χ3n) is 7.13. The quantitative estimate of drug-likeness (QED) is 0.399. The van der Waals surface area contributed by atoms with Gasteiger partial charge < -0.3 is 4.74 Å². The molecule has 0 amide bonds. The molecule has 168 valence electrons. The lowest BCUT2D eigenvalue weighted by atomic mass is 9.57. The van der Waals surface area contributed by atoms with Crippen LogP contribution in [0.4, 0.5) is 0 Å². The molecule has 6 heteroatoms. The molecule has 0 spiro atoms. The van der Waals surface area contributed by atoms with Crippen molar-refractivity contribution < 1.29 is 9.66 Å². The summed E-state index contributed by atoms with van der Waals surface area (Å²) in [6, 6.07) is 26.3. The van der Waals surface area contributed by atoms with Crippen molar-refractivity contribution in [3.05, 3.63) is 117 Å². The molecule has 0 aromatic heterocycles. The summed E-state index contributed by atoms with van der Waals surface area (Å²) in [4.78, 5) is 12.7. The number of allylic oxidation sites excluding steroid dienone is 1. The Morgan fingerprint density at radius 1 is 1.03 bits per heavy atom. The predicted molar refractivity (Wildman–Crippen MR) is 129 cm³/mol.